The summed E-state index contributed by atoms with van der Waals surface area (Å²) >= 11 is 12.0. The molecule has 0 saturated carbocycles. The van der Waals surface area contributed by atoms with Gasteiger partial charge in [-0.2, -0.15) is 0 Å². The van der Waals surface area contributed by atoms with Gasteiger partial charge in [-0.1, -0.05) is 35.3 Å². The minimum atomic E-state index is -3.78. The average Bonchev–Trinajstić information content (AvgIpc) is 3.18. The van der Waals surface area contributed by atoms with Crippen molar-refractivity contribution < 1.29 is 13.2 Å². The molecule has 1 fully saturated rings. The molecule has 5 nitrogen and oxygen atoms in total. The molecule has 0 radical (unpaired) electrons. The van der Waals surface area contributed by atoms with Crippen molar-refractivity contribution in [3.63, 3.8) is 0 Å². The van der Waals surface area contributed by atoms with Crippen LogP contribution in [-0.4, -0.2) is 40.1 Å². The zero-order valence-corrected chi connectivity index (χ0v) is 17.3. The van der Waals surface area contributed by atoms with Gasteiger partial charge in [-0.3, -0.25) is 4.90 Å². The fraction of sp³-hybridized carbons (Fsp3) is 0.368. The molecule has 1 N–H and O–H groups in total. The van der Waals surface area contributed by atoms with Crippen LogP contribution in [0.1, 0.15) is 24.4 Å². The predicted octanol–water partition coefficient (Wildman–Crippen LogP) is 4.12. The highest BCUT2D eigenvalue weighted by molar-refractivity contribution is 7.89. The van der Waals surface area contributed by atoms with Gasteiger partial charge in [0.25, 0.3) is 0 Å². The van der Waals surface area contributed by atoms with Crippen LogP contribution in [0.15, 0.2) is 47.4 Å². The fourth-order valence-electron chi connectivity index (χ4n) is 3.29. The van der Waals surface area contributed by atoms with Crippen molar-refractivity contribution in [3.8, 4) is 5.75 Å². The van der Waals surface area contributed by atoms with Crippen LogP contribution in [0.2, 0.25) is 10.0 Å². The molecule has 1 atom stereocenters. The zero-order valence-electron chi connectivity index (χ0n) is 15.0. The standard InChI is InChI=1S/C19H22Cl2N2O3S/c1-26-16-7-4-14(5-8-16)18(23-10-2-3-11-23)13-22-27(24,25)19-12-15(20)6-9-17(19)21/h4-9,12,18,22H,2-3,10-11,13H2,1H3. The Hall–Kier alpha value is -1.31. The van der Waals surface area contributed by atoms with Gasteiger partial charge >= 0.3 is 0 Å². The normalized spacial score (nSPS) is 16.4. The van der Waals surface area contributed by atoms with Gasteiger partial charge in [0.15, 0.2) is 0 Å². The van der Waals surface area contributed by atoms with Crippen LogP contribution >= 0.6 is 23.2 Å². The van der Waals surface area contributed by atoms with Crippen LogP contribution in [0.3, 0.4) is 0 Å². The molecule has 8 heteroatoms. The highest BCUT2D eigenvalue weighted by atomic mass is 35.5. The summed E-state index contributed by atoms with van der Waals surface area (Å²) in [6, 6.07) is 12.1. The second kappa shape index (κ2) is 8.80. The number of benzene rings is 2. The maximum Gasteiger partial charge on any atom is 0.242 e. The first-order chi connectivity index (χ1) is 12.9. The molecule has 0 spiro atoms. The van der Waals surface area contributed by atoms with E-state index >= 15 is 0 Å². The Bertz CT molecular complexity index is 882. The lowest BCUT2D eigenvalue weighted by molar-refractivity contribution is 0.246. The molecule has 1 aliphatic rings. The summed E-state index contributed by atoms with van der Waals surface area (Å²) in [5.41, 5.74) is 1.04. The number of methoxy groups -OCH3 is 1. The molecular formula is C19H22Cl2N2O3S. The third-order valence-electron chi connectivity index (χ3n) is 4.73. The molecule has 1 saturated heterocycles. The smallest absolute Gasteiger partial charge is 0.242 e. The summed E-state index contributed by atoms with van der Waals surface area (Å²) in [5.74, 6) is 0.769. The first-order valence-electron chi connectivity index (χ1n) is 8.73. The molecule has 0 aromatic heterocycles. The van der Waals surface area contributed by atoms with Gasteiger partial charge in [-0.25, -0.2) is 13.1 Å². The Morgan fingerprint density at radius 3 is 2.41 bits per heavy atom. The summed E-state index contributed by atoms with van der Waals surface area (Å²) < 4.78 is 33.4. The average molecular weight is 429 g/mol. The fourth-order valence-corrected chi connectivity index (χ4v) is 5.09. The Balaban J connectivity index is 1.82. The Morgan fingerprint density at radius 2 is 1.78 bits per heavy atom. The van der Waals surface area contributed by atoms with Crippen LogP contribution in [-0.2, 0) is 10.0 Å². The lowest BCUT2D eigenvalue weighted by Gasteiger charge is -2.28. The van der Waals surface area contributed by atoms with E-state index in [0.29, 0.717) is 5.02 Å². The number of nitrogens with one attached hydrogen (secondary N) is 1. The van der Waals surface area contributed by atoms with E-state index in [4.69, 9.17) is 27.9 Å². The first-order valence-corrected chi connectivity index (χ1v) is 11.0. The second-order valence-corrected chi connectivity index (χ2v) is 9.04. The number of sulfonamides is 1. The highest BCUT2D eigenvalue weighted by Crippen LogP contribution is 2.28. The highest BCUT2D eigenvalue weighted by Gasteiger charge is 2.26. The lowest BCUT2D eigenvalue weighted by atomic mass is 10.1. The van der Waals surface area contributed by atoms with Crippen LogP contribution in [0.5, 0.6) is 5.75 Å². The van der Waals surface area contributed by atoms with Crippen molar-refractivity contribution in [1.82, 2.24) is 9.62 Å². The molecule has 27 heavy (non-hydrogen) atoms. The minimum absolute atomic E-state index is 0.00781. The van der Waals surface area contributed by atoms with Crippen LogP contribution in [0, 0.1) is 0 Å². The minimum Gasteiger partial charge on any atom is -0.497 e. The lowest BCUT2D eigenvalue weighted by Crippen LogP contribution is -2.36. The van der Waals surface area contributed by atoms with Gasteiger partial charge in [0.2, 0.25) is 10.0 Å². The van der Waals surface area contributed by atoms with E-state index in [1.807, 2.05) is 24.3 Å². The Kier molecular flexibility index (Phi) is 6.65. The molecule has 2 aromatic rings. The van der Waals surface area contributed by atoms with Crippen molar-refractivity contribution in [3.05, 3.63) is 58.1 Å². The first kappa shape index (κ1) is 20.4. The summed E-state index contributed by atoms with van der Waals surface area (Å²) in [5, 5.41) is 0.472. The van der Waals surface area contributed by atoms with Gasteiger partial charge in [0, 0.05) is 17.6 Å². The van der Waals surface area contributed by atoms with Crippen molar-refractivity contribution in [2.45, 2.75) is 23.8 Å². The van der Waals surface area contributed by atoms with E-state index in [0.717, 1.165) is 37.2 Å². The summed E-state index contributed by atoms with van der Waals surface area (Å²) in [7, 11) is -2.16. The van der Waals surface area contributed by atoms with Crippen LogP contribution in [0.4, 0.5) is 0 Å². The monoisotopic (exact) mass is 428 g/mol. The van der Waals surface area contributed by atoms with Gasteiger partial charge in [0.1, 0.15) is 10.6 Å². The number of hydrogen-bond acceptors (Lipinski definition) is 4. The Morgan fingerprint density at radius 1 is 1.11 bits per heavy atom. The third kappa shape index (κ3) is 4.95. The molecule has 3 rings (SSSR count). The molecule has 1 aliphatic heterocycles. The molecule has 1 unspecified atom stereocenters. The molecule has 146 valence electrons. The van der Waals surface area contributed by atoms with E-state index in [9.17, 15) is 8.42 Å². The van der Waals surface area contributed by atoms with Gasteiger partial charge in [0.05, 0.1) is 12.1 Å². The Labute approximate surface area is 170 Å². The largest absolute Gasteiger partial charge is 0.497 e. The van der Waals surface area contributed by atoms with Crippen molar-refractivity contribution in [2.24, 2.45) is 0 Å². The molecule has 2 aromatic carbocycles. The molecule has 0 aliphatic carbocycles. The van der Waals surface area contributed by atoms with E-state index in [1.54, 1.807) is 13.2 Å². The molecule has 1 heterocycles. The van der Waals surface area contributed by atoms with E-state index in [-0.39, 0.29) is 22.5 Å². The number of ether oxygens (including phenoxy) is 1. The maximum atomic E-state index is 12.8. The molecule has 0 bridgehead atoms. The second-order valence-electron chi connectivity index (χ2n) is 6.46. The quantitative estimate of drug-likeness (QED) is 0.720. The van der Waals surface area contributed by atoms with Crippen molar-refractivity contribution in [2.75, 3.05) is 26.7 Å². The number of halogens is 2. The summed E-state index contributed by atoms with van der Waals surface area (Å²) in [6.07, 6.45) is 2.22. The summed E-state index contributed by atoms with van der Waals surface area (Å²) in [4.78, 5) is 2.29. The number of hydrogen-bond donors (Lipinski definition) is 1. The molecule has 0 amide bonds. The number of nitrogens with zero attached hydrogens (tertiary/aromatic N) is 1. The van der Waals surface area contributed by atoms with Gasteiger partial charge in [-0.05, 0) is 61.8 Å². The zero-order chi connectivity index (χ0) is 19.4. The summed E-state index contributed by atoms with van der Waals surface area (Å²) in [6.45, 7) is 2.13. The number of likely N-dealkylation sites (tertiary alicyclic amines) is 1. The van der Waals surface area contributed by atoms with Crippen molar-refractivity contribution in [1.29, 1.82) is 0 Å². The van der Waals surface area contributed by atoms with Crippen LogP contribution in [0.25, 0.3) is 0 Å². The third-order valence-corrected chi connectivity index (χ3v) is 6.87. The topological polar surface area (TPSA) is 58.6 Å². The van der Waals surface area contributed by atoms with Gasteiger partial charge in [-0.15, -0.1) is 0 Å². The molecular weight excluding hydrogens is 407 g/mol. The van der Waals surface area contributed by atoms with Crippen molar-refractivity contribution >= 4 is 33.2 Å². The van der Waals surface area contributed by atoms with Gasteiger partial charge < -0.3 is 4.74 Å². The van der Waals surface area contributed by atoms with E-state index in [2.05, 4.69) is 9.62 Å². The predicted molar refractivity (Wildman–Crippen MR) is 108 cm³/mol. The van der Waals surface area contributed by atoms with E-state index < -0.39 is 10.0 Å². The number of rotatable bonds is 7. The SMILES string of the molecule is COc1ccc(C(CNS(=O)(=O)c2cc(Cl)ccc2Cl)N2CCCC2)cc1. The van der Waals surface area contributed by atoms with Crippen LogP contribution < -0.4 is 9.46 Å². The maximum absolute atomic E-state index is 12.8. The van der Waals surface area contributed by atoms with E-state index in [1.165, 1.54) is 12.1 Å².